The first-order valence-electron chi connectivity index (χ1n) is 6.92. The lowest BCUT2D eigenvalue weighted by molar-refractivity contribution is -0.122. The molecule has 1 rings (SSSR count). The van der Waals surface area contributed by atoms with E-state index in [1.807, 2.05) is 32.0 Å². The van der Waals surface area contributed by atoms with Gasteiger partial charge in [0.05, 0.1) is 7.11 Å². The van der Waals surface area contributed by atoms with Crippen LogP contribution in [0.5, 0.6) is 11.5 Å². The molecule has 0 saturated carbocycles. The Bertz CT molecular complexity index is 435. The van der Waals surface area contributed by atoms with Gasteiger partial charge >= 0.3 is 0 Å². The van der Waals surface area contributed by atoms with E-state index in [-0.39, 0.29) is 18.6 Å². The second-order valence-electron chi connectivity index (χ2n) is 4.59. The molecular weight excluding hydrogens is 256 g/mol. The highest BCUT2D eigenvalue weighted by atomic mass is 16.5. The molecule has 0 fully saturated rings. The van der Waals surface area contributed by atoms with Crippen LogP contribution in [-0.2, 0) is 11.2 Å². The molecule has 0 radical (unpaired) electrons. The third-order valence-corrected chi connectivity index (χ3v) is 3.01. The number of amides is 1. The number of nitrogens with one attached hydrogen (secondary N) is 1. The van der Waals surface area contributed by atoms with Gasteiger partial charge in [-0.25, -0.2) is 0 Å². The number of nitrogens with two attached hydrogens (primary N) is 1. The predicted molar refractivity (Wildman–Crippen MR) is 79.1 cm³/mol. The summed E-state index contributed by atoms with van der Waals surface area (Å²) in [4.78, 5) is 11.4. The molecule has 0 aromatic heterocycles. The molecule has 5 heteroatoms. The molecule has 1 unspecified atom stereocenters. The van der Waals surface area contributed by atoms with E-state index in [0.29, 0.717) is 18.7 Å². The van der Waals surface area contributed by atoms with Gasteiger partial charge < -0.3 is 20.5 Å². The average Bonchev–Trinajstić information content (AvgIpc) is 2.46. The number of hydrogen-bond acceptors (Lipinski definition) is 4. The maximum Gasteiger partial charge on any atom is 0.257 e. The van der Waals surface area contributed by atoms with Crippen LogP contribution in [0.1, 0.15) is 25.8 Å². The fourth-order valence-electron chi connectivity index (χ4n) is 1.80. The van der Waals surface area contributed by atoms with Gasteiger partial charge in [0.15, 0.2) is 6.61 Å². The van der Waals surface area contributed by atoms with Gasteiger partial charge in [-0.15, -0.1) is 0 Å². The minimum absolute atomic E-state index is 0.00846. The van der Waals surface area contributed by atoms with Crippen LogP contribution in [0.4, 0.5) is 0 Å². The van der Waals surface area contributed by atoms with Gasteiger partial charge in [-0.1, -0.05) is 6.92 Å². The van der Waals surface area contributed by atoms with E-state index in [9.17, 15) is 4.79 Å². The van der Waals surface area contributed by atoms with Crippen molar-refractivity contribution in [2.75, 3.05) is 20.3 Å². The molecule has 1 atom stereocenters. The summed E-state index contributed by atoms with van der Waals surface area (Å²) in [5.74, 6) is 1.31. The monoisotopic (exact) mass is 280 g/mol. The summed E-state index contributed by atoms with van der Waals surface area (Å²) in [6.45, 7) is 4.52. The molecule has 5 nitrogen and oxygen atoms in total. The number of ether oxygens (including phenoxy) is 2. The standard InChI is InChI=1S/C15H24N2O3/c1-4-12(16)8-11-9-13(19-3)6-7-14(11)20-10-15(18)17-5-2/h6-7,9,12H,4-5,8,10,16H2,1-3H3,(H,17,18). The summed E-state index contributed by atoms with van der Waals surface area (Å²) in [5.41, 5.74) is 6.95. The molecule has 0 aliphatic rings. The van der Waals surface area contributed by atoms with Gasteiger partial charge in [0.1, 0.15) is 11.5 Å². The minimum Gasteiger partial charge on any atom is -0.497 e. The first-order valence-corrected chi connectivity index (χ1v) is 6.92. The lowest BCUT2D eigenvalue weighted by atomic mass is 10.0. The fraction of sp³-hybridized carbons (Fsp3) is 0.533. The maximum absolute atomic E-state index is 11.4. The Morgan fingerprint density at radius 3 is 2.75 bits per heavy atom. The van der Waals surface area contributed by atoms with Crippen molar-refractivity contribution in [2.45, 2.75) is 32.7 Å². The Morgan fingerprint density at radius 2 is 2.15 bits per heavy atom. The summed E-state index contributed by atoms with van der Waals surface area (Å²) in [5, 5.41) is 2.70. The van der Waals surface area contributed by atoms with Crippen molar-refractivity contribution in [3.8, 4) is 11.5 Å². The molecule has 112 valence electrons. The van der Waals surface area contributed by atoms with Crippen LogP contribution in [0, 0.1) is 0 Å². The molecule has 1 aromatic carbocycles. The van der Waals surface area contributed by atoms with E-state index in [2.05, 4.69) is 5.32 Å². The second-order valence-corrected chi connectivity index (χ2v) is 4.59. The van der Waals surface area contributed by atoms with Crippen molar-refractivity contribution >= 4 is 5.91 Å². The van der Waals surface area contributed by atoms with Gasteiger partial charge in [-0.05, 0) is 43.5 Å². The van der Waals surface area contributed by atoms with Crippen molar-refractivity contribution < 1.29 is 14.3 Å². The van der Waals surface area contributed by atoms with E-state index < -0.39 is 0 Å². The average molecular weight is 280 g/mol. The topological polar surface area (TPSA) is 73.6 Å². The molecule has 0 aliphatic carbocycles. The van der Waals surface area contributed by atoms with Crippen LogP contribution in [0.3, 0.4) is 0 Å². The van der Waals surface area contributed by atoms with E-state index in [1.165, 1.54) is 0 Å². The molecule has 20 heavy (non-hydrogen) atoms. The highest BCUT2D eigenvalue weighted by Crippen LogP contribution is 2.25. The van der Waals surface area contributed by atoms with Crippen LogP contribution in [0.25, 0.3) is 0 Å². The molecule has 1 aromatic rings. The molecule has 0 bridgehead atoms. The van der Waals surface area contributed by atoms with Crippen LogP contribution in [0.15, 0.2) is 18.2 Å². The largest absolute Gasteiger partial charge is 0.497 e. The quantitative estimate of drug-likeness (QED) is 0.756. The predicted octanol–water partition coefficient (Wildman–Crippen LogP) is 1.49. The molecule has 0 spiro atoms. The highest BCUT2D eigenvalue weighted by Gasteiger charge is 2.11. The third kappa shape index (κ3) is 5.09. The van der Waals surface area contributed by atoms with Crippen molar-refractivity contribution in [1.82, 2.24) is 5.32 Å². The zero-order valence-corrected chi connectivity index (χ0v) is 12.4. The third-order valence-electron chi connectivity index (χ3n) is 3.01. The highest BCUT2D eigenvalue weighted by molar-refractivity contribution is 5.77. The Kier molecular flexibility index (Phi) is 6.87. The van der Waals surface area contributed by atoms with E-state index in [0.717, 1.165) is 17.7 Å². The first-order chi connectivity index (χ1) is 9.60. The number of benzene rings is 1. The molecular formula is C15H24N2O3. The molecule has 0 saturated heterocycles. The SMILES string of the molecule is CCNC(=O)COc1ccc(OC)cc1CC(N)CC. The Balaban J connectivity index is 2.79. The number of carbonyl (C=O) groups is 1. The van der Waals surface area contributed by atoms with Crippen LogP contribution in [-0.4, -0.2) is 32.2 Å². The fourth-order valence-corrected chi connectivity index (χ4v) is 1.80. The summed E-state index contributed by atoms with van der Waals surface area (Å²) < 4.78 is 10.8. The molecule has 1 amide bonds. The Hall–Kier alpha value is -1.75. The maximum atomic E-state index is 11.4. The van der Waals surface area contributed by atoms with Gasteiger partial charge in [0, 0.05) is 12.6 Å². The van der Waals surface area contributed by atoms with Gasteiger partial charge in [-0.2, -0.15) is 0 Å². The molecule has 3 N–H and O–H groups in total. The number of methoxy groups -OCH3 is 1. The van der Waals surface area contributed by atoms with E-state index >= 15 is 0 Å². The lowest BCUT2D eigenvalue weighted by Gasteiger charge is -2.15. The Labute approximate surface area is 120 Å². The molecule has 0 aliphatic heterocycles. The summed E-state index contributed by atoms with van der Waals surface area (Å²) in [7, 11) is 1.62. The van der Waals surface area contributed by atoms with E-state index in [1.54, 1.807) is 7.11 Å². The second kappa shape index (κ2) is 8.43. The van der Waals surface area contributed by atoms with Crippen molar-refractivity contribution in [3.05, 3.63) is 23.8 Å². The van der Waals surface area contributed by atoms with Crippen LogP contribution >= 0.6 is 0 Å². The lowest BCUT2D eigenvalue weighted by Crippen LogP contribution is -2.28. The smallest absolute Gasteiger partial charge is 0.257 e. The summed E-state index contributed by atoms with van der Waals surface area (Å²) in [6, 6.07) is 5.60. The number of likely N-dealkylation sites (N-methyl/N-ethyl adjacent to an activating group) is 1. The normalized spacial score (nSPS) is 11.8. The summed E-state index contributed by atoms with van der Waals surface area (Å²) in [6.07, 6.45) is 1.57. The zero-order valence-electron chi connectivity index (χ0n) is 12.4. The van der Waals surface area contributed by atoms with E-state index in [4.69, 9.17) is 15.2 Å². The van der Waals surface area contributed by atoms with Gasteiger partial charge in [0.25, 0.3) is 5.91 Å². The summed E-state index contributed by atoms with van der Waals surface area (Å²) >= 11 is 0. The van der Waals surface area contributed by atoms with Crippen LogP contribution < -0.4 is 20.5 Å². The van der Waals surface area contributed by atoms with Crippen molar-refractivity contribution in [3.63, 3.8) is 0 Å². The number of hydrogen-bond donors (Lipinski definition) is 2. The number of carbonyl (C=O) groups excluding carboxylic acids is 1. The Morgan fingerprint density at radius 1 is 1.40 bits per heavy atom. The zero-order chi connectivity index (χ0) is 15.0. The number of rotatable bonds is 8. The minimum atomic E-state index is -0.131. The van der Waals surface area contributed by atoms with Crippen molar-refractivity contribution in [2.24, 2.45) is 5.73 Å². The van der Waals surface area contributed by atoms with Crippen LogP contribution in [0.2, 0.25) is 0 Å². The van der Waals surface area contributed by atoms with Gasteiger partial charge in [-0.3, -0.25) is 4.79 Å². The van der Waals surface area contributed by atoms with Crippen molar-refractivity contribution in [1.29, 1.82) is 0 Å². The molecule has 0 heterocycles. The van der Waals surface area contributed by atoms with Gasteiger partial charge in [0.2, 0.25) is 0 Å². The first kappa shape index (κ1) is 16.3.